The first-order chi connectivity index (χ1) is 6.29. The number of hydrogen-bond donors (Lipinski definition) is 0. The van der Waals surface area contributed by atoms with E-state index in [1.165, 1.54) is 5.69 Å². The van der Waals surface area contributed by atoms with Crippen molar-refractivity contribution >= 4 is 0 Å². The molecule has 3 nitrogen and oxygen atoms in total. The minimum atomic E-state index is 0.606. The van der Waals surface area contributed by atoms with Crippen LogP contribution in [0.5, 0.6) is 0 Å². The lowest BCUT2D eigenvalue weighted by Crippen LogP contribution is -2.19. The van der Waals surface area contributed by atoms with E-state index in [0.717, 1.165) is 31.7 Å². The van der Waals surface area contributed by atoms with E-state index >= 15 is 0 Å². The van der Waals surface area contributed by atoms with Gasteiger partial charge in [-0.05, 0) is 26.7 Å². The van der Waals surface area contributed by atoms with E-state index in [2.05, 4.69) is 23.4 Å². The van der Waals surface area contributed by atoms with Gasteiger partial charge in [-0.25, -0.2) is 4.98 Å². The molecule has 72 valence electrons. The van der Waals surface area contributed by atoms with E-state index in [1.807, 2.05) is 6.33 Å². The number of hydrogen-bond acceptors (Lipinski definition) is 2. The van der Waals surface area contributed by atoms with Crippen molar-refractivity contribution in [2.75, 3.05) is 13.2 Å². The van der Waals surface area contributed by atoms with Gasteiger partial charge in [0.25, 0.3) is 0 Å². The zero-order valence-electron chi connectivity index (χ0n) is 8.29. The number of imidazole rings is 1. The molecule has 0 N–H and O–H groups in total. The molecule has 3 heteroatoms. The Bertz CT molecular complexity index is 287. The molecule has 0 aliphatic carbocycles. The van der Waals surface area contributed by atoms with E-state index in [-0.39, 0.29) is 0 Å². The molecule has 0 amide bonds. The summed E-state index contributed by atoms with van der Waals surface area (Å²) in [6, 6.07) is 0.606. The fourth-order valence-electron chi connectivity index (χ4n) is 1.85. The predicted octanol–water partition coefficient (Wildman–Crippen LogP) is 1.85. The van der Waals surface area contributed by atoms with Gasteiger partial charge in [-0.3, -0.25) is 0 Å². The highest BCUT2D eigenvalue weighted by Gasteiger charge is 2.17. The molecule has 0 radical (unpaired) electrons. The Hall–Kier alpha value is -0.830. The van der Waals surface area contributed by atoms with Crippen LogP contribution in [0.3, 0.4) is 0 Å². The summed E-state index contributed by atoms with van der Waals surface area (Å²) < 4.78 is 7.62. The van der Waals surface area contributed by atoms with Gasteiger partial charge in [0.15, 0.2) is 0 Å². The van der Waals surface area contributed by atoms with Crippen LogP contribution >= 0.6 is 0 Å². The fourth-order valence-corrected chi connectivity index (χ4v) is 1.85. The normalized spacial score (nSPS) is 19.2. The monoisotopic (exact) mass is 180 g/mol. The standard InChI is InChI=1S/C10H16N2O/c1-8-9(2)12(7-11-8)10-3-5-13-6-4-10/h7,10H,3-6H2,1-2H3. The van der Waals surface area contributed by atoms with E-state index in [9.17, 15) is 0 Å². The van der Waals surface area contributed by atoms with Gasteiger partial charge in [-0.15, -0.1) is 0 Å². The van der Waals surface area contributed by atoms with Gasteiger partial charge in [-0.2, -0.15) is 0 Å². The van der Waals surface area contributed by atoms with Crippen LogP contribution in [0.2, 0.25) is 0 Å². The van der Waals surface area contributed by atoms with Gasteiger partial charge in [0.2, 0.25) is 0 Å². The summed E-state index contributed by atoms with van der Waals surface area (Å²) >= 11 is 0. The Morgan fingerprint density at radius 3 is 2.62 bits per heavy atom. The Labute approximate surface area is 78.7 Å². The maximum absolute atomic E-state index is 5.33. The molecule has 1 aliphatic heterocycles. The molecule has 0 atom stereocenters. The molecule has 1 aromatic heterocycles. The third kappa shape index (κ3) is 1.61. The second-order valence-corrected chi connectivity index (χ2v) is 3.67. The van der Waals surface area contributed by atoms with Crippen LogP contribution in [0.1, 0.15) is 30.3 Å². The molecule has 2 heterocycles. The van der Waals surface area contributed by atoms with E-state index in [1.54, 1.807) is 0 Å². The van der Waals surface area contributed by atoms with Crippen molar-refractivity contribution in [2.45, 2.75) is 32.7 Å². The summed E-state index contributed by atoms with van der Waals surface area (Å²) in [7, 11) is 0. The van der Waals surface area contributed by atoms with E-state index in [4.69, 9.17) is 4.74 Å². The number of ether oxygens (including phenoxy) is 1. The Kier molecular flexibility index (Phi) is 2.36. The molecule has 0 unspecified atom stereocenters. The highest BCUT2D eigenvalue weighted by molar-refractivity contribution is 5.09. The van der Waals surface area contributed by atoms with Crippen LogP contribution < -0.4 is 0 Å². The quantitative estimate of drug-likeness (QED) is 0.659. The third-order valence-corrected chi connectivity index (χ3v) is 2.87. The predicted molar refractivity (Wildman–Crippen MR) is 50.8 cm³/mol. The number of aromatic nitrogens is 2. The summed E-state index contributed by atoms with van der Waals surface area (Å²) in [4.78, 5) is 4.31. The van der Waals surface area contributed by atoms with Crippen molar-refractivity contribution in [3.63, 3.8) is 0 Å². The maximum atomic E-state index is 5.33. The molecule has 1 aromatic rings. The maximum Gasteiger partial charge on any atom is 0.0954 e. The first-order valence-corrected chi connectivity index (χ1v) is 4.87. The van der Waals surface area contributed by atoms with Crippen molar-refractivity contribution in [3.8, 4) is 0 Å². The second-order valence-electron chi connectivity index (χ2n) is 3.67. The number of nitrogens with zero attached hydrogens (tertiary/aromatic N) is 2. The molecule has 0 spiro atoms. The Morgan fingerprint density at radius 2 is 2.08 bits per heavy atom. The lowest BCUT2D eigenvalue weighted by atomic mass is 10.1. The van der Waals surface area contributed by atoms with E-state index < -0.39 is 0 Å². The van der Waals surface area contributed by atoms with Gasteiger partial charge in [0.05, 0.1) is 12.0 Å². The Balaban J connectivity index is 2.18. The summed E-state index contributed by atoms with van der Waals surface area (Å²) in [6.07, 6.45) is 4.20. The third-order valence-electron chi connectivity index (χ3n) is 2.87. The van der Waals surface area contributed by atoms with Crippen molar-refractivity contribution in [1.82, 2.24) is 9.55 Å². The van der Waals surface area contributed by atoms with Crippen LogP contribution in [0.15, 0.2) is 6.33 Å². The van der Waals surface area contributed by atoms with Crippen molar-refractivity contribution in [2.24, 2.45) is 0 Å². The van der Waals surface area contributed by atoms with Crippen molar-refractivity contribution < 1.29 is 4.74 Å². The lowest BCUT2D eigenvalue weighted by molar-refractivity contribution is 0.0691. The summed E-state index contributed by atoms with van der Waals surface area (Å²) in [5.41, 5.74) is 2.44. The second kappa shape index (κ2) is 3.50. The fraction of sp³-hybridized carbons (Fsp3) is 0.700. The molecule has 1 aliphatic rings. The topological polar surface area (TPSA) is 27.1 Å². The van der Waals surface area contributed by atoms with Crippen LogP contribution in [0.25, 0.3) is 0 Å². The molecule has 0 aromatic carbocycles. The molecular weight excluding hydrogens is 164 g/mol. The molecule has 0 saturated carbocycles. The largest absolute Gasteiger partial charge is 0.381 e. The zero-order chi connectivity index (χ0) is 9.26. The van der Waals surface area contributed by atoms with Gasteiger partial charge in [-0.1, -0.05) is 0 Å². The van der Waals surface area contributed by atoms with Crippen LogP contribution in [-0.2, 0) is 4.74 Å². The Morgan fingerprint density at radius 1 is 1.38 bits per heavy atom. The van der Waals surface area contributed by atoms with Crippen LogP contribution in [-0.4, -0.2) is 22.8 Å². The average Bonchev–Trinajstić information content (AvgIpc) is 2.49. The smallest absolute Gasteiger partial charge is 0.0954 e. The summed E-state index contributed by atoms with van der Waals surface area (Å²) in [5.74, 6) is 0. The first-order valence-electron chi connectivity index (χ1n) is 4.87. The summed E-state index contributed by atoms with van der Waals surface area (Å²) in [5, 5.41) is 0. The van der Waals surface area contributed by atoms with Crippen LogP contribution in [0.4, 0.5) is 0 Å². The molecule has 0 bridgehead atoms. The molecule has 1 saturated heterocycles. The van der Waals surface area contributed by atoms with Gasteiger partial charge < -0.3 is 9.30 Å². The highest BCUT2D eigenvalue weighted by atomic mass is 16.5. The van der Waals surface area contributed by atoms with Crippen molar-refractivity contribution in [3.05, 3.63) is 17.7 Å². The first kappa shape index (κ1) is 8.75. The number of rotatable bonds is 1. The zero-order valence-corrected chi connectivity index (χ0v) is 8.29. The number of aryl methyl sites for hydroxylation is 1. The molecule has 1 fully saturated rings. The van der Waals surface area contributed by atoms with E-state index in [0.29, 0.717) is 6.04 Å². The molecule has 13 heavy (non-hydrogen) atoms. The van der Waals surface area contributed by atoms with Gasteiger partial charge in [0, 0.05) is 24.9 Å². The molecular formula is C10H16N2O. The summed E-state index contributed by atoms with van der Waals surface area (Å²) in [6.45, 7) is 5.98. The minimum absolute atomic E-state index is 0.606. The van der Waals surface area contributed by atoms with Gasteiger partial charge in [0.1, 0.15) is 0 Å². The van der Waals surface area contributed by atoms with Gasteiger partial charge >= 0.3 is 0 Å². The lowest BCUT2D eigenvalue weighted by Gasteiger charge is -2.24. The van der Waals surface area contributed by atoms with Crippen molar-refractivity contribution in [1.29, 1.82) is 0 Å². The average molecular weight is 180 g/mol. The van der Waals surface area contributed by atoms with Crippen LogP contribution in [0, 0.1) is 13.8 Å². The highest BCUT2D eigenvalue weighted by Crippen LogP contribution is 2.22. The molecule has 2 rings (SSSR count). The SMILES string of the molecule is Cc1ncn(C2CCOCC2)c1C. The minimum Gasteiger partial charge on any atom is -0.381 e.